The first-order chi connectivity index (χ1) is 14.5. The third-order valence-electron chi connectivity index (χ3n) is 5.07. The van der Waals surface area contributed by atoms with E-state index in [2.05, 4.69) is 46.8 Å². The topological polar surface area (TPSA) is 83.0 Å². The summed E-state index contributed by atoms with van der Waals surface area (Å²) in [6.45, 7) is 4.94. The quantitative estimate of drug-likeness (QED) is 0.310. The van der Waals surface area contributed by atoms with Crippen molar-refractivity contribution in [3.05, 3.63) is 70.8 Å². The Labute approximate surface area is 202 Å². The highest BCUT2D eigenvalue weighted by Crippen LogP contribution is 2.16. The van der Waals surface area contributed by atoms with Gasteiger partial charge in [0.2, 0.25) is 10.0 Å². The molecule has 0 spiro atoms. The lowest BCUT2D eigenvalue weighted by Crippen LogP contribution is -2.41. The van der Waals surface area contributed by atoms with Gasteiger partial charge in [0, 0.05) is 33.2 Å². The van der Waals surface area contributed by atoms with Crippen LogP contribution in [0.1, 0.15) is 22.3 Å². The van der Waals surface area contributed by atoms with Gasteiger partial charge in [-0.1, -0.05) is 54.1 Å². The first-order valence-corrected chi connectivity index (χ1v) is 11.7. The number of guanidine groups is 1. The van der Waals surface area contributed by atoms with Crippen molar-refractivity contribution in [2.75, 3.05) is 33.4 Å². The van der Waals surface area contributed by atoms with Gasteiger partial charge in [-0.15, -0.1) is 24.0 Å². The molecule has 7 nitrogen and oxygen atoms in total. The van der Waals surface area contributed by atoms with Crippen molar-refractivity contribution in [1.82, 2.24) is 14.9 Å². The van der Waals surface area contributed by atoms with E-state index >= 15 is 0 Å². The minimum atomic E-state index is -3.37. The van der Waals surface area contributed by atoms with Gasteiger partial charge in [0.1, 0.15) is 0 Å². The van der Waals surface area contributed by atoms with Gasteiger partial charge in [-0.3, -0.25) is 4.99 Å². The third kappa shape index (κ3) is 7.74. The second kappa shape index (κ2) is 12.4. The molecule has 9 heteroatoms. The summed E-state index contributed by atoms with van der Waals surface area (Å²) in [5.74, 6) is 0.654. The van der Waals surface area contributed by atoms with E-state index < -0.39 is 10.0 Å². The molecule has 2 aromatic carbocycles. The van der Waals surface area contributed by atoms with Gasteiger partial charge in [0.25, 0.3) is 0 Å². The molecule has 2 N–H and O–H groups in total. The average molecular weight is 558 g/mol. The summed E-state index contributed by atoms with van der Waals surface area (Å²) in [5.41, 5.74) is 4.13. The Morgan fingerprint density at radius 3 is 2.26 bits per heavy atom. The monoisotopic (exact) mass is 558 g/mol. The minimum absolute atomic E-state index is 0. The van der Waals surface area contributed by atoms with Gasteiger partial charge >= 0.3 is 0 Å². The predicted octanol–water partition coefficient (Wildman–Crippen LogP) is 2.64. The van der Waals surface area contributed by atoms with Crippen molar-refractivity contribution in [2.45, 2.75) is 25.8 Å². The molecule has 2 aromatic rings. The van der Waals surface area contributed by atoms with E-state index in [1.807, 2.05) is 24.3 Å². The SMILES string of the molecule is CN=C(NCc1ccc(C)cc1)NCc1ccccc1CS(=O)(=O)N1CCOCC1.I. The van der Waals surface area contributed by atoms with Gasteiger partial charge in [0.15, 0.2) is 5.96 Å². The molecule has 0 bridgehead atoms. The molecular formula is C22H31IN4O3S. The Hall–Kier alpha value is -1.69. The summed E-state index contributed by atoms with van der Waals surface area (Å²) < 4.78 is 32.4. The Balaban J connectivity index is 0.00000341. The van der Waals surface area contributed by atoms with E-state index in [9.17, 15) is 8.42 Å². The Morgan fingerprint density at radius 2 is 1.61 bits per heavy atom. The molecule has 1 fully saturated rings. The Bertz CT molecular complexity index is 959. The normalized spacial score (nSPS) is 15.2. The fourth-order valence-electron chi connectivity index (χ4n) is 3.27. The van der Waals surface area contributed by atoms with Crippen molar-refractivity contribution in [1.29, 1.82) is 0 Å². The number of nitrogens with zero attached hydrogens (tertiary/aromatic N) is 2. The second-order valence-corrected chi connectivity index (χ2v) is 9.27. The number of nitrogens with one attached hydrogen (secondary N) is 2. The highest BCUT2D eigenvalue weighted by atomic mass is 127. The van der Waals surface area contributed by atoms with Crippen molar-refractivity contribution < 1.29 is 13.2 Å². The lowest BCUT2D eigenvalue weighted by atomic mass is 10.1. The highest BCUT2D eigenvalue weighted by Gasteiger charge is 2.25. The van der Waals surface area contributed by atoms with E-state index in [1.54, 1.807) is 7.05 Å². The molecule has 0 radical (unpaired) electrons. The van der Waals surface area contributed by atoms with Gasteiger partial charge in [-0.05, 0) is 23.6 Å². The highest BCUT2D eigenvalue weighted by molar-refractivity contribution is 14.0. The predicted molar refractivity (Wildman–Crippen MR) is 135 cm³/mol. The van der Waals surface area contributed by atoms with Crippen LogP contribution in [0.3, 0.4) is 0 Å². The number of aryl methyl sites for hydroxylation is 1. The average Bonchev–Trinajstić information content (AvgIpc) is 2.76. The van der Waals surface area contributed by atoms with Crippen LogP contribution in [0, 0.1) is 6.92 Å². The van der Waals surface area contributed by atoms with Gasteiger partial charge in [0.05, 0.1) is 19.0 Å². The zero-order valence-electron chi connectivity index (χ0n) is 18.0. The molecule has 1 heterocycles. The van der Waals surface area contributed by atoms with Crippen LogP contribution in [0.15, 0.2) is 53.5 Å². The fourth-order valence-corrected chi connectivity index (χ4v) is 4.84. The van der Waals surface area contributed by atoms with Crippen molar-refractivity contribution in [2.24, 2.45) is 4.99 Å². The summed E-state index contributed by atoms with van der Waals surface area (Å²) in [4.78, 5) is 4.27. The van der Waals surface area contributed by atoms with E-state index in [1.165, 1.54) is 15.4 Å². The Kier molecular flexibility index (Phi) is 10.2. The van der Waals surface area contributed by atoms with E-state index in [4.69, 9.17) is 4.74 Å². The molecule has 0 saturated carbocycles. The maximum absolute atomic E-state index is 12.8. The van der Waals surface area contributed by atoms with Crippen molar-refractivity contribution in [3.63, 3.8) is 0 Å². The molecule has 1 aliphatic rings. The first-order valence-electron chi connectivity index (χ1n) is 10.1. The number of hydrogen-bond acceptors (Lipinski definition) is 4. The number of sulfonamides is 1. The Morgan fingerprint density at radius 1 is 1.00 bits per heavy atom. The number of rotatable bonds is 7. The number of aliphatic imine (C=N–C) groups is 1. The molecule has 3 rings (SSSR count). The maximum atomic E-state index is 12.8. The van der Waals surface area contributed by atoms with E-state index in [0.717, 1.165) is 11.1 Å². The second-order valence-electron chi connectivity index (χ2n) is 7.30. The molecule has 0 amide bonds. The van der Waals surface area contributed by atoms with Gasteiger partial charge in [-0.2, -0.15) is 4.31 Å². The van der Waals surface area contributed by atoms with Gasteiger partial charge in [-0.25, -0.2) is 8.42 Å². The molecule has 0 aromatic heterocycles. The van der Waals surface area contributed by atoms with E-state index in [-0.39, 0.29) is 29.7 Å². The molecule has 0 atom stereocenters. The van der Waals surface area contributed by atoms with Crippen molar-refractivity contribution >= 4 is 40.0 Å². The van der Waals surface area contributed by atoms with Crippen LogP contribution in [0.5, 0.6) is 0 Å². The number of hydrogen-bond donors (Lipinski definition) is 2. The molecule has 0 unspecified atom stereocenters. The van der Waals surface area contributed by atoms with Crippen LogP contribution >= 0.6 is 24.0 Å². The molecule has 1 saturated heterocycles. The van der Waals surface area contributed by atoms with Crippen LogP contribution in [-0.2, 0) is 33.6 Å². The summed E-state index contributed by atoms with van der Waals surface area (Å²) in [7, 11) is -1.65. The molecule has 1 aliphatic heterocycles. The summed E-state index contributed by atoms with van der Waals surface area (Å²) in [6.07, 6.45) is 0. The van der Waals surface area contributed by atoms with Crippen LogP contribution in [0.4, 0.5) is 0 Å². The number of benzene rings is 2. The first kappa shape index (κ1) is 25.6. The standard InChI is InChI=1S/C22H30N4O3S.HI/c1-18-7-9-19(10-8-18)15-24-22(23-2)25-16-20-5-3-4-6-21(20)17-30(27,28)26-11-13-29-14-12-26;/h3-10H,11-17H2,1-2H3,(H2,23,24,25);1H. The molecule has 170 valence electrons. The maximum Gasteiger partial charge on any atom is 0.218 e. The van der Waals surface area contributed by atoms with Crippen LogP contribution in [0.2, 0.25) is 0 Å². The fraction of sp³-hybridized carbons (Fsp3) is 0.409. The zero-order chi connectivity index (χ0) is 21.4. The molecular weight excluding hydrogens is 527 g/mol. The minimum Gasteiger partial charge on any atom is -0.379 e. The zero-order valence-corrected chi connectivity index (χ0v) is 21.2. The molecule has 31 heavy (non-hydrogen) atoms. The molecule has 0 aliphatic carbocycles. The third-order valence-corrected chi connectivity index (χ3v) is 6.90. The van der Waals surface area contributed by atoms with Crippen LogP contribution in [-0.4, -0.2) is 52.0 Å². The van der Waals surface area contributed by atoms with Gasteiger partial charge < -0.3 is 15.4 Å². The summed E-state index contributed by atoms with van der Waals surface area (Å²) in [5, 5.41) is 6.58. The van der Waals surface area contributed by atoms with Crippen molar-refractivity contribution in [3.8, 4) is 0 Å². The summed E-state index contributed by atoms with van der Waals surface area (Å²) in [6, 6.07) is 15.9. The number of ether oxygens (including phenoxy) is 1. The van der Waals surface area contributed by atoms with Crippen LogP contribution in [0.25, 0.3) is 0 Å². The van der Waals surface area contributed by atoms with E-state index in [0.29, 0.717) is 45.4 Å². The van der Waals surface area contributed by atoms with Crippen LogP contribution < -0.4 is 10.6 Å². The number of morpholine rings is 1. The smallest absolute Gasteiger partial charge is 0.218 e. The number of halogens is 1. The lowest BCUT2D eigenvalue weighted by Gasteiger charge is -2.26. The largest absolute Gasteiger partial charge is 0.379 e. The lowest BCUT2D eigenvalue weighted by molar-refractivity contribution is 0.0729. The summed E-state index contributed by atoms with van der Waals surface area (Å²) >= 11 is 0.